The summed E-state index contributed by atoms with van der Waals surface area (Å²) < 4.78 is 26.9. The summed E-state index contributed by atoms with van der Waals surface area (Å²) in [5.41, 5.74) is 0.415. The second-order valence-electron chi connectivity index (χ2n) is 5.49. The molecule has 0 radical (unpaired) electrons. The number of aryl methyl sites for hydroxylation is 1. The first-order chi connectivity index (χ1) is 9.14. The average Bonchev–Trinajstić information content (AvgIpc) is 2.63. The normalized spacial score (nSPS) is 12.8. The van der Waals surface area contributed by atoms with Crippen molar-refractivity contribution in [3.8, 4) is 0 Å². The van der Waals surface area contributed by atoms with Gasteiger partial charge in [-0.1, -0.05) is 25.2 Å². The molecule has 0 aliphatic heterocycles. The standard InChI is InChI=1S/C12H23N3O3S2/c1-9(2)8-15(7-6-14(4)5)20(17,18)11-10(3)13-12(16)19-11/h9H,6-8H2,1-5H3,(H,13,16). The van der Waals surface area contributed by atoms with Crippen molar-refractivity contribution in [2.45, 2.75) is 25.0 Å². The Labute approximate surface area is 124 Å². The molecule has 0 bridgehead atoms. The molecule has 1 rings (SSSR count). The fraction of sp³-hybridized carbons (Fsp3) is 0.750. The monoisotopic (exact) mass is 321 g/mol. The van der Waals surface area contributed by atoms with Crippen molar-refractivity contribution in [3.63, 3.8) is 0 Å². The molecule has 1 heterocycles. The lowest BCUT2D eigenvalue weighted by Crippen LogP contribution is -2.38. The van der Waals surface area contributed by atoms with E-state index in [0.717, 1.165) is 11.3 Å². The summed E-state index contributed by atoms with van der Waals surface area (Å²) in [4.78, 5) is 15.5. The highest BCUT2D eigenvalue weighted by Crippen LogP contribution is 2.21. The van der Waals surface area contributed by atoms with E-state index in [1.807, 2.05) is 32.8 Å². The molecule has 0 amide bonds. The van der Waals surface area contributed by atoms with Crippen LogP contribution < -0.4 is 4.87 Å². The number of aromatic amines is 1. The van der Waals surface area contributed by atoms with Crippen molar-refractivity contribution < 1.29 is 8.42 Å². The van der Waals surface area contributed by atoms with E-state index in [-0.39, 0.29) is 15.0 Å². The van der Waals surface area contributed by atoms with Gasteiger partial charge in [-0.3, -0.25) is 4.79 Å². The second kappa shape index (κ2) is 6.84. The van der Waals surface area contributed by atoms with E-state index in [1.165, 1.54) is 4.31 Å². The predicted octanol–water partition coefficient (Wildman–Crippen LogP) is 0.953. The van der Waals surface area contributed by atoms with E-state index in [4.69, 9.17) is 0 Å². The predicted molar refractivity (Wildman–Crippen MR) is 81.8 cm³/mol. The lowest BCUT2D eigenvalue weighted by molar-refractivity contribution is 0.313. The molecular formula is C12H23N3O3S2. The molecule has 20 heavy (non-hydrogen) atoms. The van der Waals surface area contributed by atoms with Crippen molar-refractivity contribution >= 4 is 21.4 Å². The number of rotatable bonds is 7. The van der Waals surface area contributed by atoms with Crippen LogP contribution in [0.4, 0.5) is 0 Å². The van der Waals surface area contributed by atoms with Crippen molar-refractivity contribution in [2.75, 3.05) is 33.7 Å². The molecule has 1 aromatic rings. The van der Waals surface area contributed by atoms with Crippen LogP contribution in [0.5, 0.6) is 0 Å². The van der Waals surface area contributed by atoms with Crippen LogP contribution in [0.3, 0.4) is 0 Å². The zero-order valence-electron chi connectivity index (χ0n) is 12.6. The number of H-pyrrole nitrogens is 1. The van der Waals surface area contributed by atoms with Gasteiger partial charge in [-0.05, 0) is 26.9 Å². The Bertz CT molecular complexity index is 587. The first-order valence-corrected chi connectivity index (χ1v) is 8.75. The molecular weight excluding hydrogens is 298 g/mol. The quantitative estimate of drug-likeness (QED) is 0.811. The van der Waals surface area contributed by atoms with Gasteiger partial charge in [0.2, 0.25) is 0 Å². The molecule has 0 aromatic carbocycles. The van der Waals surface area contributed by atoms with Gasteiger partial charge in [0.05, 0.1) is 0 Å². The topological polar surface area (TPSA) is 73.5 Å². The van der Waals surface area contributed by atoms with Crippen molar-refractivity contribution in [1.29, 1.82) is 0 Å². The highest BCUT2D eigenvalue weighted by molar-refractivity contribution is 7.91. The largest absolute Gasteiger partial charge is 0.315 e. The van der Waals surface area contributed by atoms with Gasteiger partial charge in [-0.2, -0.15) is 4.31 Å². The maximum Gasteiger partial charge on any atom is 0.305 e. The van der Waals surface area contributed by atoms with Crippen molar-refractivity contribution in [2.24, 2.45) is 5.92 Å². The van der Waals surface area contributed by atoms with Gasteiger partial charge < -0.3 is 9.88 Å². The molecule has 0 aliphatic rings. The molecule has 0 saturated carbocycles. The maximum absolute atomic E-state index is 12.7. The Kier molecular flexibility index (Phi) is 5.93. The van der Waals surface area contributed by atoms with Gasteiger partial charge in [0.25, 0.3) is 10.0 Å². The molecule has 6 nitrogen and oxygen atoms in total. The molecule has 0 fully saturated rings. The van der Waals surface area contributed by atoms with Crippen LogP contribution in [0, 0.1) is 12.8 Å². The van der Waals surface area contributed by atoms with Crippen molar-refractivity contribution in [3.05, 3.63) is 15.4 Å². The number of likely N-dealkylation sites (N-methyl/N-ethyl adjacent to an activating group) is 1. The minimum atomic E-state index is -3.61. The SMILES string of the molecule is Cc1[nH]c(=O)sc1S(=O)(=O)N(CCN(C)C)CC(C)C. The highest BCUT2D eigenvalue weighted by Gasteiger charge is 2.28. The van der Waals surface area contributed by atoms with Crippen LogP contribution in [-0.4, -0.2) is 56.3 Å². The lowest BCUT2D eigenvalue weighted by Gasteiger charge is -2.24. The number of sulfonamides is 1. The zero-order valence-corrected chi connectivity index (χ0v) is 14.3. The summed E-state index contributed by atoms with van der Waals surface area (Å²) in [6.07, 6.45) is 0. The van der Waals surface area contributed by atoms with E-state index in [2.05, 4.69) is 4.98 Å². The van der Waals surface area contributed by atoms with Gasteiger partial charge in [-0.25, -0.2) is 8.42 Å². The number of hydrogen-bond acceptors (Lipinski definition) is 5. The van der Waals surface area contributed by atoms with Gasteiger partial charge in [0, 0.05) is 25.3 Å². The molecule has 0 saturated heterocycles. The lowest BCUT2D eigenvalue weighted by atomic mass is 10.2. The molecule has 8 heteroatoms. The first-order valence-electron chi connectivity index (χ1n) is 6.49. The van der Waals surface area contributed by atoms with Crippen LogP contribution in [0.2, 0.25) is 0 Å². The Morgan fingerprint density at radius 1 is 1.25 bits per heavy atom. The minimum Gasteiger partial charge on any atom is -0.315 e. The highest BCUT2D eigenvalue weighted by atomic mass is 32.2. The van der Waals surface area contributed by atoms with E-state index in [1.54, 1.807) is 6.92 Å². The number of nitrogens with one attached hydrogen (secondary N) is 1. The fourth-order valence-corrected chi connectivity index (χ4v) is 4.81. The van der Waals surface area contributed by atoms with Crippen LogP contribution in [-0.2, 0) is 10.0 Å². The van der Waals surface area contributed by atoms with Gasteiger partial charge >= 0.3 is 4.87 Å². The summed E-state index contributed by atoms with van der Waals surface area (Å²) in [5.74, 6) is 0.225. The Hall–Kier alpha value is -0.700. The Morgan fingerprint density at radius 2 is 1.85 bits per heavy atom. The molecule has 116 valence electrons. The zero-order chi connectivity index (χ0) is 15.5. The summed E-state index contributed by atoms with van der Waals surface area (Å²) in [6, 6.07) is 0. The second-order valence-corrected chi connectivity index (χ2v) is 8.60. The molecule has 1 aromatic heterocycles. The molecule has 0 atom stereocenters. The van der Waals surface area contributed by atoms with Crippen LogP contribution in [0.15, 0.2) is 9.00 Å². The summed E-state index contributed by atoms with van der Waals surface area (Å²) in [7, 11) is 0.198. The van der Waals surface area contributed by atoms with E-state index in [9.17, 15) is 13.2 Å². The number of thiazole rings is 1. The summed E-state index contributed by atoms with van der Waals surface area (Å²) in [6.45, 7) is 7.07. The fourth-order valence-electron chi connectivity index (χ4n) is 1.78. The first kappa shape index (κ1) is 17.4. The molecule has 0 aliphatic carbocycles. The summed E-state index contributed by atoms with van der Waals surface area (Å²) >= 11 is 0.757. The van der Waals surface area contributed by atoms with E-state index in [0.29, 0.717) is 25.3 Å². The third-order valence-electron chi connectivity index (χ3n) is 2.72. The molecule has 0 unspecified atom stereocenters. The third-order valence-corrected chi connectivity index (χ3v) is 6.17. The van der Waals surface area contributed by atoms with Crippen LogP contribution in [0.25, 0.3) is 0 Å². The number of aromatic nitrogens is 1. The van der Waals surface area contributed by atoms with E-state index < -0.39 is 10.0 Å². The van der Waals surface area contributed by atoms with Crippen molar-refractivity contribution in [1.82, 2.24) is 14.2 Å². The summed E-state index contributed by atoms with van der Waals surface area (Å²) in [5, 5.41) is 0. The molecule has 0 spiro atoms. The van der Waals surface area contributed by atoms with Crippen LogP contribution in [0.1, 0.15) is 19.5 Å². The Balaban J connectivity index is 3.10. The minimum absolute atomic E-state index is 0.127. The third kappa shape index (κ3) is 4.41. The van der Waals surface area contributed by atoms with Gasteiger partial charge in [0.15, 0.2) is 4.21 Å². The number of hydrogen-bond donors (Lipinski definition) is 1. The smallest absolute Gasteiger partial charge is 0.305 e. The molecule has 1 N–H and O–H groups in total. The average molecular weight is 321 g/mol. The Morgan fingerprint density at radius 3 is 2.25 bits per heavy atom. The van der Waals surface area contributed by atoms with Gasteiger partial charge in [-0.15, -0.1) is 0 Å². The number of nitrogens with zero attached hydrogens (tertiary/aromatic N) is 2. The van der Waals surface area contributed by atoms with Gasteiger partial charge in [0.1, 0.15) is 0 Å². The maximum atomic E-state index is 12.7. The van der Waals surface area contributed by atoms with Crippen LogP contribution >= 0.6 is 11.3 Å². The van der Waals surface area contributed by atoms with E-state index >= 15 is 0 Å².